The molecular weight excluding hydrogens is 213 g/mol. The summed E-state index contributed by atoms with van der Waals surface area (Å²) < 4.78 is 5.09. The third-order valence-electron chi connectivity index (χ3n) is 2.58. The van der Waals surface area contributed by atoms with Crippen LogP contribution in [-0.4, -0.2) is 17.7 Å². The molecule has 4 heteroatoms. The summed E-state index contributed by atoms with van der Waals surface area (Å²) in [6.45, 7) is 3.95. The van der Waals surface area contributed by atoms with Gasteiger partial charge in [-0.2, -0.15) is 0 Å². The summed E-state index contributed by atoms with van der Waals surface area (Å²) in [7, 11) is 0.692. The average Bonchev–Trinajstić information content (AvgIpc) is 2.34. The van der Waals surface area contributed by atoms with E-state index in [4.69, 9.17) is 9.68 Å². The Morgan fingerprint density at radius 2 is 1.94 bits per heavy atom. The molecule has 1 heterocycles. The van der Waals surface area contributed by atoms with Crippen LogP contribution in [0.2, 0.25) is 0 Å². The Morgan fingerprint density at radius 3 is 2.71 bits per heavy atom. The lowest BCUT2D eigenvalue weighted by Crippen LogP contribution is -2.01. The molecule has 0 atom stereocenters. The first kappa shape index (κ1) is 11.7. The molecule has 0 aliphatic rings. The molecule has 0 saturated heterocycles. The van der Waals surface area contributed by atoms with E-state index in [1.54, 1.807) is 0 Å². The predicted molar refractivity (Wildman–Crippen MR) is 67.7 cm³/mol. The van der Waals surface area contributed by atoms with Crippen LogP contribution in [0.5, 0.6) is 5.75 Å². The number of benzene rings is 1. The molecule has 0 saturated carbocycles. The quantitative estimate of drug-likeness (QED) is 0.816. The first-order chi connectivity index (χ1) is 8.22. The van der Waals surface area contributed by atoms with Crippen LogP contribution in [0.4, 0.5) is 0 Å². The van der Waals surface area contributed by atoms with E-state index in [0.717, 1.165) is 22.4 Å². The van der Waals surface area contributed by atoms with E-state index in [1.807, 2.05) is 44.3 Å². The molecule has 0 unspecified atom stereocenters. The van der Waals surface area contributed by atoms with Gasteiger partial charge in [0.25, 0.3) is 0 Å². The lowest BCUT2D eigenvalue weighted by molar-refractivity contribution is 0.454. The first-order valence-corrected chi connectivity index (χ1v) is 5.37. The van der Waals surface area contributed by atoms with Gasteiger partial charge in [0, 0.05) is 23.0 Å². The van der Waals surface area contributed by atoms with Crippen molar-refractivity contribution in [3.63, 3.8) is 0 Å². The van der Waals surface area contributed by atoms with Crippen molar-refractivity contribution in [1.29, 1.82) is 0 Å². The predicted octanol–water partition coefficient (Wildman–Crippen LogP) is 2.27. The molecule has 1 aromatic carbocycles. The molecule has 0 bridgehead atoms. The Labute approximate surface area is 101 Å². The summed E-state index contributed by atoms with van der Waals surface area (Å²) in [4.78, 5) is 4.33. The second-order valence-electron chi connectivity index (χ2n) is 3.87. The van der Waals surface area contributed by atoms with E-state index in [2.05, 4.69) is 11.1 Å². The highest BCUT2D eigenvalue weighted by molar-refractivity contribution is 6.17. The Bertz CT molecular complexity index is 529. The fourth-order valence-corrected chi connectivity index (χ4v) is 1.76. The number of aromatic nitrogens is 1. The maximum atomic E-state index is 8.75. The number of aryl methyl sites for hydroxylation is 2. The van der Waals surface area contributed by atoms with E-state index in [-0.39, 0.29) is 0 Å². The van der Waals surface area contributed by atoms with Gasteiger partial charge < -0.3 is 9.68 Å². The summed E-state index contributed by atoms with van der Waals surface area (Å²) in [5.74, 6) is 0.616. The SMILES string of the molecule is Cc1cnc(C)c(-c2ccccc2O[B]O)c1. The van der Waals surface area contributed by atoms with E-state index >= 15 is 0 Å². The summed E-state index contributed by atoms with van der Waals surface area (Å²) in [6.07, 6.45) is 1.83. The minimum Gasteiger partial charge on any atom is -0.537 e. The van der Waals surface area contributed by atoms with Crippen LogP contribution in [0, 0.1) is 13.8 Å². The van der Waals surface area contributed by atoms with Crippen molar-refractivity contribution in [2.75, 3.05) is 0 Å². The number of rotatable bonds is 3. The summed E-state index contributed by atoms with van der Waals surface area (Å²) in [5.41, 5.74) is 3.96. The Balaban J connectivity index is 2.55. The van der Waals surface area contributed by atoms with Gasteiger partial charge in [-0.25, -0.2) is 0 Å². The summed E-state index contributed by atoms with van der Waals surface area (Å²) >= 11 is 0. The molecule has 0 amide bonds. The van der Waals surface area contributed by atoms with Gasteiger partial charge in [0.15, 0.2) is 0 Å². The van der Waals surface area contributed by atoms with E-state index < -0.39 is 0 Å². The van der Waals surface area contributed by atoms with Crippen molar-refractivity contribution in [2.24, 2.45) is 0 Å². The van der Waals surface area contributed by atoms with Crippen LogP contribution in [-0.2, 0) is 0 Å². The zero-order valence-electron chi connectivity index (χ0n) is 9.84. The molecule has 17 heavy (non-hydrogen) atoms. The second-order valence-corrected chi connectivity index (χ2v) is 3.87. The average molecular weight is 226 g/mol. The van der Waals surface area contributed by atoms with E-state index in [1.165, 1.54) is 0 Å². The normalized spacial score (nSPS) is 10.1. The van der Waals surface area contributed by atoms with Crippen molar-refractivity contribution >= 4 is 7.69 Å². The highest BCUT2D eigenvalue weighted by Gasteiger charge is 2.09. The molecule has 0 aliphatic carbocycles. The van der Waals surface area contributed by atoms with Crippen molar-refractivity contribution in [3.05, 3.63) is 47.8 Å². The topological polar surface area (TPSA) is 42.4 Å². The molecule has 2 rings (SSSR count). The first-order valence-electron chi connectivity index (χ1n) is 5.37. The van der Waals surface area contributed by atoms with Gasteiger partial charge in [-0.15, -0.1) is 0 Å². The molecule has 0 aliphatic heterocycles. The van der Waals surface area contributed by atoms with Crippen LogP contribution in [0.25, 0.3) is 11.1 Å². The molecule has 0 spiro atoms. The molecule has 85 valence electrons. The number of para-hydroxylation sites is 1. The van der Waals surface area contributed by atoms with Gasteiger partial charge >= 0.3 is 7.69 Å². The van der Waals surface area contributed by atoms with E-state index in [0.29, 0.717) is 13.4 Å². The Morgan fingerprint density at radius 1 is 1.18 bits per heavy atom. The fourth-order valence-electron chi connectivity index (χ4n) is 1.76. The summed E-state index contributed by atoms with van der Waals surface area (Å²) in [5, 5.41) is 8.75. The Kier molecular flexibility index (Phi) is 3.45. The number of hydrogen-bond acceptors (Lipinski definition) is 3. The molecule has 2 aromatic rings. The third kappa shape index (κ3) is 2.48. The third-order valence-corrected chi connectivity index (χ3v) is 2.58. The number of pyridine rings is 1. The molecule has 1 N–H and O–H groups in total. The minimum absolute atomic E-state index is 0.616. The second kappa shape index (κ2) is 5.02. The van der Waals surface area contributed by atoms with Gasteiger partial charge in [0.1, 0.15) is 5.75 Å². The molecule has 1 aromatic heterocycles. The Hall–Kier alpha value is -1.81. The van der Waals surface area contributed by atoms with E-state index in [9.17, 15) is 0 Å². The molecule has 0 fully saturated rings. The molecular formula is C13H13BNO2. The largest absolute Gasteiger partial charge is 0.569 e. The van der Waals surface area contributed by atoms with Crippen molar-refractivity contribution < 1.29 is 9.68 Å². The minimum atomic E-state index is 0.616. The van der Waals surface area contributed by atoms with Gasteiger partial charge in [-0.05, 0) is 31.5 Å². The van der Waals surface area contributed by atoms with Crippen LogP contribution in [0.3, 0.4) is 0 Å². The van der Waals surface area contributed by atoms with Crippen LogP contribution in [0.1, 0.15) is 11.3 Å². The van der Waals surface area contributed by atoms with Crippen molar-refractivity contribution in [2.45, 2.75) is 13.8 Å². The van der Waals surface area contributed by atoms with Crippen LogP contribution >= 0.6 is 0 Å². The smallest absolute Gasteiger partial charge is 0.537 e. The lowest BCUT2D eigenvalue weighted by atomic mass is 10.0. The maximum Gasteiger partial charge on any atom is 0.569 e. The highest BCUT2D eigenvalue weighted by atomic mass is 16.5. The highest BCUT2D eigenvalue weighted by Crippen LogP contribution is 2.31. The van der Waals surface area contributed by atoms with Gasteiger partial charge in [-0.1, -0.05) is 18.2 Å². The zero-order valence-corrected chi connectivity index (χ0v) is 9.84. The van der Waals surface area contributed by atoms with Crippen molar-refractivity contribution in [3.8, 4) is 16.9 Å². The maximum absolute atomic E-state index is 8.75. The van der Waals surface area contributed by atoms with Gasteiger partial charge in [0.05, 0.1) is 0 Å². The molecule has 1 radical (unpaired) electrons. The van der Waals surface area contributed by atoms with Gasteiger partial charge in [-0.3, -0.25) is 4.98 Å². The number of nitrogens with zero attached hydrogens (tertiary/aromatic N) is 1. The van der Waals surface area contributed by atoms with Crippen molar-refractivity contribution in [1.82, 2.24) is 4.98 Å². The van der Waals surface area contributed by atoms with Crippen LogP contribution in [0.15, 0.2) is 36.5 Å². The van der Waals surface area contributed by atoms with Gasteiger partial charge in [0.2, 0.25) is 0 Å². The molecule has 3 nitrogen and oxygen atoms in total. The zero-order chi connectivity index (χ0) is 12.3. The van der Waals surface area contributed by atoms with Crippen LogP contribution < -0.4 is 4.65 Å². The monoisotopic (exact) mass is 226 g/mol. The fraction of sp³-hybridized carbons (Fsp3) is 0.154. The number of hydrogen-bond donors (Lipinski definition) is 1. The lowest BCUT2D eigenvalue weighted by Gasteiger charge is -2.11. The standard InChI is InChI=1S/C13H13BNO2/c1-9-7-12(10(2)15-8-9)11-5-3-4-6-13(11)17-14-16/h3-8,16H,1-2H3. The summed E-state index contributed by atoms with van der Waals surface area (Å²) in [6, 6.07) is 9.61.